The Morgan fingerprint density at radius 1 is 1.22 bits per heavy atom. The number of ether oxygens (including phenoxy) is 2. The summed E-state index contributed by atoms with van der Waals surface area (Å²) in [5.74, 6) is -0.443. The van der Waals surface area contributed by atoms with Crippen LogP contribution in [0.3, 0.4) is 0 Å². The molecule has 9 heteroatoms. The van der Waals surface area contributed by atoms with Gasteiger partial charge in [-0.3, -0.25) is 14.9 Å². The van der Waals surface area contributed by atoms with Crippen LogP contribution in [-0.2, 0) is 9.53 Å². The molecular weight excluding hydrogens is 433 g/mol. The van der Waals surface area contributed by atoms with Crippen LogP contribution in [0.4, 0.5) is 15.2 Å². The van der Waals surface area contributed by atoms with Gasteiger partial charge in [-0.1, -0.05) is 0 Å². The third-order valence-corrected chi connectivity index (χ3v) is 5.62. The molecule has 166 valence electrons. The minimum Gasteiger partial charge on any atom is -0.491 e. The standard InChI is InChI=1S/C23H22FN3O4S/c1-14(28)25-16-6-9-19(20(24)11-16)21-13-32-23(26-21)27-22(29)15-4-7-17(8-5-15)31-12-18-3-2-10-30-18/h4-9,11,13,18H,2-3,10,12H2,1H3,(H,25,28)(H,26,27,29)/t18-/m0/s1. The lowest BCUT2D eigenvalue weighted by atomic mass is 10.1. The van der Waals surface area contributed by atoms with E-state index in [1.165, 1.54) is 30.4 Å². The van der Waals surface area contributed by atoms with Gasteiger partial charge in [0, 0.05) is 35.7 Å². The lowest BCUT2D eigenvalue weighted by Gasteiger charge is -2.11. The number of nitrogens with zero attached hydrogens (tertiary/aromatic N) is 1. The molecule has 2 heterocycles. The van der Waals surface area contributed by atoms with Gasteiger partial charge in [0.05, 0.1) is 11.8 Å². The molecule has 0 bridgehead atoms. The highest BCUT2D eigenvalue weighted by Crippen LogP contribution is 2.29. The molecule has 1 aliphatic rings. The van der Waals surface area contributed by atoms with E-state index in [4.69, 9.17) is 9.47 Å². The summed E-state index contributed by atoms with van der Waals surface area (Å²) in [6.45, 7) is 2.63. The van der Waals surface area contributed by atoms with Crippen LogP contribution in [0.25, 0.3) is 11.3 Å². The summed E-state index contributed by atoms with van der Waals surface area (Å²) in [7, 11) is 0. The average Bonchev–Trinajstić information content (AvgIpc) is 3.44. The van der Waals surface area contributed by atoms with Crippen LogP contribution in [0, 0.1) is 5.82 Å². The van der Waals surface area contributed by atoms with Crippen molar-refractivity contribution < 1.29 is 23.5 Å². The molecule has 2 aromatic carbocycles. The zero-order valence-corrected chi connectivity index (χ0v) is 18.2. The van der Waals surface area contributed by atoms with E-state index in [0.717, 1.165) is 19.4 Å². The summed E-state index contributed by atoms with van der Waals surface area (Å²) in [6.07, 6.45) is 2.18. The summed E-state index contributed by atoms with van der Waals surface area (Å²) in [5.41, 5.74) is 1.50. The van der Waals surface area contributed by atoms with Gasteiger partial charge < -0.3 is 14.8 Å². The first-order chi connectivity index (χ1) is 15.5. The number of aromatic nitrogens is 1. The smallest absolute Gasteiger partial charge is 0.257 e. The van der Waals surface area contributed by atoms with Gasteiger partial charge in [-0.2, -0.15) is 0 Å². The fraction of sp³-hybridized carbons (Fsp3) is 0.261. The first-order valence-electron chi connectivity index (χ1n) is 10.2. The predicted octanol–water partition coefficient (Wildman–Crippen LogP) is 4.72. The van der Waals surface area contributed by atoms with Crippen molar-refractivity contribution in [1.82, 2.24) is 4.98 Å². The van der Waals surface area contributed by atoms with Crippen molar-refractivity contribution >= 4 is 34.0 Å². The molecule has 3 aromatic rings. The Labute approximate surface area is 188 Å². The number of thiazole rings is 1. The average molecular weight is 456 g/mol. The highest BCUT2D eigenvalue weighted by atomic mass is 32.1. The van der Waals surface area contributed by atoms with Crippen LogP contribution in [0.5, 0.6) is 5.75 Å². The van der Waals surface area contributed by atoms with E-state index < -0.39 is 5.82 Å². The minimum absolute atomic E-state index is 0.128. The second kappa shape index (κ2) is 9.88. The molecule has 1 atom stereocenters. The van der Waals surface area contributed by atoms with E-state index in [2.05, 4.69) is 15.6 Å². The Bertz CT molecular complexity index is 1110. The summed E-state index contributed by atoms with van der Waals surface area (Å²) < 4.78 is 25.7. The van der Waals surface area contributed by atoms with Gasteiger partial charge in [0.25, 0.3) is 5.91 Å². The summed E-state index contributed by atoms with van der Waals surface area (Å²) in [5, 5.41) is 7.28. The van der Waals surface area contributed by atoms with Crippen LogP contribution < -0.4 is 15.4 Å². The van der Waals surface area contributed by atoms with E-state index in [1.807, 2.05) is 0 Å². The number of carbonyl (C=O) groups is 2. The summed E-state index contributed by atoms with van der Waals surface area (Å²) >= 11 is 1.20. The van der Waals surface area contributed by atoms with Gasteiger partial charge >= 0.3 is 0 Å². The van der Waals surface area contributed by atoms with E-state index in [-0.39, 0.29) is 23.5 Å². The largest absolute Gasteiger partial charge is 0.491 e. The zero-order valence-electron chi connectivity index (χ0n) is 17.4. The van der Waals surface area contributed by atoms with E-state index in [9.17, 15) is 14.0 Å². The molecule has 1 saturated heterocycles. The summed E-state index contributed by atoms with van der Waals surface area (Å²) in [6, 6.07) is 11.2. The maximum absolute atomic E-state index is 14.4. The number of amides is 2. The Balaban J connectivity index is 1.36. The number of rotatable bonds is 7. The van der Waals surface area contributed by atoms with Gasteiger partial charge in [-0.25, -0.2) is 9.37 Å². The van der Waals surface area contributed by atoms with Crippen molar-refractivity contribution in [3.05, 3.63) is 59.2 Å². The van der Waals surface area contributed by atoms with Crippen molar-refractivity contribution in [2.45, 2.75) is 25.9 Å². The van der Waals surface area contributed by atoms with E-state index in [0.29, 0.717) is 34.4 Å². The SMILES string of the molecule is CC(=O)Nc1ccc(-c2csc(NC(=O)c3ccc(OC[C@@H]4CCCO4)cc3)n2)c(F)c1. The van der Waals surface area contributed by atoms with Crippen molar-refractivity contribution in [3.63, 3.8) is 0 Å². The Morgan fingerprint density at radius 3 is 2.72 bits per heavy atom. The molecule has 0 unspecified atom stereocenters. The molecule has 1 aliphatic heterocycles. The molecule has 0 aliphatic carbocycles. The molecule has 1 fully saturated rings. The molecule has 7 nitrogen and oxygen atoms in total. The first kappa shape index (κ1) is 21.9. The van der Waals surface area contributed by atoms with E-state index in [1.54, 1.807) is 35.7 Å². The number of anilines is 2. The topological polar surface area (TPSA) is 89.6 Å². The Kier molecular flexibility index (Phi) is 6.77. The monoisotopic (exact) mass is 455 g/mol. The molecular formula is C23H22FN3O4S. The highest BCUT2D eigenvalue weighted by molar-refractivity contribution is 7.14. The van der Waals surface area contributed by atoms with Crippen LogP contribution in [0.15, 0.2) is 47.8 Å². The number of carbonyl (C=O) groups excluding carboxylic acids is 2. The van der Waals surface area contributed by atoms with Crippen molar-refractivity contribution in [3.8, 4) is 17.0 Å². The minimum atomic E-state index is -0.516. The third-order valence-electron chi connectivity index (χ3n) is 4.87. The number of hydrogen-bond donors (Lipinski definition) is 2. The first-order valence-corrected chi connectivity index (χ1v) is 11.0. The zero-order chi connectivity index (χ0) is 22.5. The highest BCUT2D eigenvalue weighted by Gasteiger charge is 2.16. The fourth-order valence-electron chi connectivity index (χ4n) is 3.30. The number of benzene rings is 2. The number of hydrogen-bond acceptors (Lipinski definition) is 6. The quantitative estimate of drug-likeness (QED) is 0.538. The maximum atomic E-state index is 14.4. The molecule has 0 spiro atoms. The van der Waals surface area contributed by atoms with Crippen molar-refractivity contribution in [2.24, 2.45) is 0 Å². The summed E-state index contributed by atoms with van der Waals surface area (Å²) in [4.78, 5) is 28.0. The molecule has 2 amide bonds. The van der Waals surface area contributed by atoms with Gasteiger partial charge in [0.15, 0.2) is 5.13 Å². The third kappa shape index (κ3) is 5.49. The Morgan fingerprint density at radius 2 is 2.03 bits per heavy atom. The van der Waals surface area contributed by atoms with E-state index >= 15 is 0 Å². The van der Waals surface area contributed by atoms with Crippen LogP contribution in [0.1, 0.15) is 30.1 Å². The Hall–Kier alpha value is -3.30. The molecule has 2 N–H and O–H groups in total. The van der Waals surface area contributed by atoms with Crippen LogP contribution in [0.2, 0.25) is 0 Å². The fourth-order valence-corrected chi connectivity index (χ4v) is 4.00. The van der Waals surface area contributed by atoms with Gasteiger partial charge in [-0.15, -0.1) is 11.3 Å². The van der Waals surface area contributed by atoms with Gasteiger partial charge in [0.2, 0.25) is 5.91 Å². The normalized spacial score (nSPS) is 15.4. The van der Waals surface area contributed by atoms with Crippen molar-refractivity contribution in [2.75, 3.05) is 23.8 Å². The molecule has 0 radical (unpaired) electrons. The predicted molar refractivity (Wildman–Crippen MR) is 121 cm³/mol. The van der Waals surface area contributed by atoms with Crippen LogP contribution in [-0.4, -0.2) is 36.1 Å². The van der Waals surface area contributed by atoms with Crippen molar-refractivity contribution in [1.29, 1.82) is 0 Å². The maximum Gasteiger partial charge on any atom is 0.257 e. The molecule has 0 saturated carbocycles. The molecule has 4 rings (SSSR count). The van der Waals surface area contributed by atoms with Gasteiger partial charge in [0.1, 0.15) is 18.2 Å². The second-order valence-electron chi connectivity index (χ2n) is 7.34. The molecule has 1 aromatic heterocycles. The lowest BCUT2D eigenvalue weighted by molar-refractivity contribution is -0.114. The van der Waals surface area contributed by atoms with Crippen LogP contribution >= 0.6 is 11.3 Å². The molecule has 32 heavy (non-hydrogen) atoms. The number of halogens is 1. The number of nitrogens with one attached hydrogen (secondary N) is 2. The van der Waals surface area contributed by atoms with Gasteiger partial charge in [-0.05, 0) is 55.3 Å². The lowest BCUT2D eigenvalue weighted by Crippen LogP contribution is -2.16. The second-order valence-corrected chi connectivity index (χ2v) is 8.20.